The molecule has 0 radical (unpaired) electrons. The number of carboxylic acids is 1. The largest absolute Gasteiger partial charge is 2.00 e. The minimum Gasteiger partial charge on any atom is -0.693 e. The maximum atomic E-state index is 11.9. The molecule has 5 nitrogen and oxygen atoms in total. The number of hydrogen-bond acceptors (Lipinski definition) is 2. The van der Waals surface area contributed by atoms with Gasteiger partial charge in [-0.15, -0.1) is 0 Å². The number of carboxylic acid groups (broad SMARTS) is 1. The van der Waals surface area contributed by atoms with E-state index in [9.17, 15) is 15.0 Å². The van der Waals surface area contributed by atoms with Crippen LogP contribution in [0.25, 0.3) is 12.3 Å². The van der Waals surface area contributed by atoms with Gasteiger partial charge in [-0.1, -0.05) is 49.6 Å². The quantitative estimate of drug-likeness (QED) is 0.254. The van der Waals surface area contributed by atoms with Gasteiger partial charge in [0.05, 0.1) is 0 Å². The Morgan fingerprint density at radius 3 is 2.38 bits per heavy atom. The Kier molecular flexibility index (Phi) is 13.3. The zero-order chi connectivity index (χ0) is 19.4. The topological polar surface area (TPSA) is 125 Å². The molecule has 6 heteroatoms. The summed E-state index contributed by atoms with van der Waals surface area (Å²) < 4.78 is 0. The van der Waals surface area contributed by atoms with E-state index >= 15 is 0 Å². The molecule has 2 atom stereocenters. The monoisotopic (exact) mass is 583 g/mol. The summed E-state index contributed by atoms with van der Waals surface area (Å²) in [6, 6.07) is 1.97. The second-order valence-electron chi connectivity index (χ2n) is 7.78. The molecule has 0 aromatic heterocycles. The molecule has 1 aromatic carbocycles. The van der Waals surface area contributed by atoms with E-state index in [2.05, 4.69) is 26.5 Å². The number of carbonyl (C=O) groups is 1. The van der Waals surface area contributed by atoms with E-state index in [0.29, 0.717) is 6.42 Å². The summed E-state index contributed by atoms with van der Waals surface area (Å²) in [5, 5.41) is 20.7. The molecule has 1 aromatic rings. The van der Waals surface area contributed by atoms with Gasteiger partial charge in [-0.3, -0.25) is 0 Å². The van der Waals surface area contributed by atoms with Gasteiger partial charge in [-0.25, -0.2) is 4.79 Å². The number of benzene rings is 1. The molecule has 1 aliphatic rings. The first kappa shape index (κ1) is 29.8. The number of rotatable bonds is 7. The third kappa shape index (κ3) is 6.80. The molecule has 6 N–H and O–H groups in total. The molecule has 0 fully saturated rings. The van der Waals surface area contributed by atoms with E-state index in [4.69, 9.17) is 0 Å². The van der Waals surface area contributed by atoms with E-state index < -0.39 is 5.97 Å². The Balaban J connectivity index is 0. The predicted molar refractivity (Wildman–Crippen MR) is 118 cm³/mol. The van der Waals surface area contributed by atoms with Crippen molar-refractivity contribution in [3.05, 3.63) is 64.4 Å². The Morgan fingerprint density at radius 1 is 1.24 bits per heavy atom. The van der Waals surface area contributed by atoms with Crippen LogP contribution in [0.15, 0.2) is 29.9 Å². The van der Waals surface area contributed by atoms with Crippen LogP contribution in [0.2, 0.25) is 0 Å². The number of aromatic hydroxyl groups is 1. The first-order chi connectivity index (χ1) is 12.3. The van der Waals surface area contributed by atoms with Crippen LogP contribution in [-0.4, -0.2) is 16.2 Å². The van der Waals surface area contributed by atoms with E-state index in [0.717, 1.165) is 54.4 Å². The van der Waals surface area contributed by atoms with Crippen molar-refractivity contribution in [2.45, 2.75) is 72.1 Å². The van der Waals surface area contributed by atoms with Crippen molar-refractivity contribution in [2.24, 2.45) is 5.92 Å². The Hall–Kier alpha value is -1.42. The van der Waals surface area contributed by atoms with Crippen LogP contribution in [0, 0.1) is 12.8 Å². The second kappa shape index (κ2) is 13.0. The van der Waals surface area contributed by atoms with Crippen molar-refractivity contribution in [1.82, 2.24) is 0 Å². The van der Waals surface area contributed by atoms with Crippen molar-refractivity contribution < 1.29 is 36.1 Å². The van der Waals surface area contributed by atoms with E-state index in [1.165, 1.54) is 5.57 Å². The van der Waals surface area contributed by atoms with Crippen LogP contribution >= 0.6 is 0 Å². The van der Waals surface area contributed by atoms with Crippen molar-refractivity contribution in [3.8, 4) is 5.75 Å². The van der Waals surface area contributed by atoms with E-state index in [1.54, 1.807) is 0 Å². The van der Waals surface area contributed by atoms with Gasteiger partial charge < -0.3 is 22.5 Å². The van der Waals surface area contributed by atoms with Crippen molar-refractivity contribution >= 4 is 5.97 Å². The van der Waals surface area contributed by atoms with Gasteiger partial charge in [0.15, 0.2) is 0 Å². The molecule has 29 heavy (non-hydrogen) atoms. The summed E-state index contributed by atoms with van der Waals surface area (Å²) in [4.78, 5) is 11.9. The molecular formula is C23H36N2O3Pt. The smallest absolute Gasteiger partial charge is 0.693 e. The SMILES string of the molecule is C=C(C)C1CCC(C)=CC1c1c(C)cc(CCCCC)c(C(=O)O)c1O.[NH2-].[NH2-].[Pt+2]. The zero-order valence-electron chi connectivity index (χ0n) is 18.0. The Labute approximate surface area is 190 Å². The fraction of sp³-hybridized carbons (Fsp3) is 0.522. The van der Waals surface area contributed by atoms with Crippen molar-refractivity contribution in [1.29, 1.82) is 0 Å². The molecule has 0 saturated carbocycles. The molecule has 2 rings (SSSR count). The number of phenols is 1. The van der Waals surface area contributed by atoms with Gasteiger partial charge in [0.25, 0.3) is 0 Å². The summed E-state index contributed by atoms with van der Waals surface area (Å²) in [5.74, 6) is -0.871. The normalized spacial score (nSPS) is 17.9. The molecule has 0 saturated heterocycles. The third-order valence-electron chi connectivity index (χ3n) is 5.61. The van der Waals surface area contributed by atoms with Crippen molar-refractivity contribution in [3.63, 3.8) is 0 Å². The molecule has 1 aliphatic carbocycles. The van der Waals surface area contributed by atoms with Gasteiger partial charge in [0.2, 0.25) is 0 Å². The van der Waals surface area contributed by atoms with Crippen LogP contribution in [0.1, 0.15) is 85.8 Å². The van der Waals surface area contributed by atoms with Gasteiger partial charge in [0.1, 0.15) is 11.3 Å². The molecule has 0 spiro atoms. The zero-order valence-corrected chi connectivity index (χ0v) is 20.3. The average molecular weight is 584 g/mol. The first-order valence-corrected chi connectivity index (χ1v) is 9.69. The van der Waals surface area contributed by atoms with Crippen molar-refractivity contribution in [2.75, 3.05) is 0 Å². The maximum Gasteiger partial charge on any atom is 2.00 e. The van der Waals surface area contributed by atoms with Crippen LogP contribution < -0.4 is 0 Å². The van der Waals surface area contributed by atoms with E-state index in [-0.39, 0.29) is 56.5 Å². The number of aryl methyl sites for hydroxylation is 2. The minimum absolute atomic E-state index is 0. The Morgan fingerprint density at radius 2 is 1.86 bits per heavy atom. The number of hydrogen-bond donors (Lipinski definition) is 2. The summed E-state index contributed by atoms with van der Waals surface area (Å²) in [5.41, 5.74) is 4.93. The average Bonchev–Trinajstić information content (AvgIpc) is 2.54. The molecular weight excluding hydrogens is 547 g/mol. The second-order valence-corrected chi connectivity index (χ2v) is 7.78. The summed E-state index contributed by atoms with van der Waals surface area (Å²) in [6.07, 6.45) is 7.96. The molecule has 0 aliphatic heterocycles. The minimum atomic E-state index is -1.04. The van der Waals surface area contributed by atoms with Crippen LogP contribution in [0.3, 0.4) is 0 Å². The summed E-state index contributed by atoms with van der Waals surface area (Å²) in [6.45, 7) is 12.4. The van der Waals surface area contributed by atoms with E-state index in [1.807, 2.05) is 19.9 Å². The van der Waals surface area contributed by atoms with Gasteiger partial charge in [-0.05, 0) is 63.5 Å². The molecule has 2 unspecified atom stereocenters. The van der Waals surface area contributed by atoms with Crippen LogP contribution in [0.5, 0.6) is 5.75 Å². The number of allylic oxidation sites excluding steroid dienone is 3. The third-order valence-corrected chi connectivity index (χ3v) is 5.61. The number of aromatic carboxylic acids is 1. The summed E-state index contributed by atoms with van der Waals surface area (Å²) in [7, 11) is 0. The molecule has 0 bridgehead atoms. The van der Waals surface area contributed by atoms with Crippen LogP contribution in [0.4, 0.5) is 0 Å². The molecule has 166 valence electrons. The Bertz CT molecular complexity index is 744. The summed E-state index contributed by atoms with van der Waals surface area (Å²) >= 11 is 0. The predicted octanol–water partition coefficient (Wildman–Crippen LogP) is 7.58. The van der Waals surface area contributed by atoms with Gasteiger partial charge in [0, 0.05) is 11.5 Å². The maximum absolute atomic E-state index is 11.9. The molecule has 0 heterocycles. The van der Waals surface area contributed by atoms with Gasteiger partial charge >= 0.3 is 27.0 Å². The van der Waals surface area contributed by atoms with Gasteiger partial charge in [-0.2, -0.15) is 0 Å². The fourth-order valence-electron chi connectivity index (χ4n) is 4.21. The number of nitrogens with two attached hydrogens (primary N) is 2. The van der Waals surface area contributed by atoms with Crippen LogP contribution in [-0.2, 0) is 27.5 Å². The standard InChI is InChI=1S/C23H32O3.2H2N.Pt/c1-6-7-8-9-17-13-16(5)20(22(24)21(17)23(25)26)19-12-15(4)10-11-18(19)14(2)3;;;/h12-13,18-19,24H,2,6-11H2,1,3-5H3,(H,25,26);2*1H2;/q;2*-1;+2. The number of unbranched alkanes of at least 4 members (excludes halogenated alkanes) is 2. The fourth-order valence-corrected chi connectivity index (χ4v) is 4.21. The first-order valence-electron chi connectivity index (χ1n) is 9.69. The molecule has 0 amide bonds.